The minimum Gasteiger partial charge on any atom is -0.445 e. The van der Waals surface area contributed by atoms with Gasteiger partial charge in [0.2, 0.25) is 0 Å². The smallest absolute Gasteiger partial charge is 0.410 e. The van der Waals surface area contributed by atoms with E-state index in [1.165, 1.54) is 4.90 Å². The number of nitrogens with zero attached hydrogens (tertiary/aromatic N) is 1. The SMILES string of the molecule is O=C1CC([C@@H]2C[C@@H](O)CN2C(=O)OCc2ccccc2)OO1. The predicted molar refractivity (Wildman–Crippen MR) is 73.3 cm³/mol. The second-order valence-corrected chi connectivity index (χ2v) is 5.44. The number of ether oxygens (including phenoxy) is 1. The first-order valence-electron chi connectivity index (χ1n) is 7.15. The number of amides is 1. The fraction of sp³-hybridized carbons (Fsp3) is 0.467. The van der Waals surface area contributed by atoms with E-state index in [1.54, 1.807) is 0 Å². The maximum atomic E-state index is 12.2. The van der Waals surface area contributed by atoms with Crippen molar-refractivity contribution in [1.29, 1.82) is 0 Å². The summed E-state index contributed by atoms with van der Waals surface area (Å²) in [5.41, 5.74) is 0.878. The van der Waals surface area contributed by atoms with Gasteiger partial charge in [-0.2, -0.15) is 4.89 Å². The van der Waals surface area contributed by atoms with Crippen molar-refractivity contribution in [3.63, 3.8) is 0 Å². The molecule has 2 aliphatic heterocycles. The first-order valence-corrected chi connectivity index (χ1v) is 7.15. The van der Waals surface area contributed by atoms with Crippen molar-refractivity contribution in [3.8, 4) is 0 Å². The molecule has 118 valence electrons. The molecule has 7 nitrogen and oxygen atoms in total. The minimum absolute atomic E-state index is 0.0693. The Hall–Kier alpha value is -2.12. The number of hydrogen-bond donors (Lipinski definition) is 1. The van der Waals surface area contributed by atoms with Crippen molar-refractivity contribution in [3.05, 3.63) is 35.9 Å². The lowest BCUT2D eigenvalue weighted by molar-refractivity contribution is -0.268. The Morgan fingerprint density at radius 3 is 2.82 bits per heavy atom. The van der Waals surface area contributed by atoms with E-state index in [0.717, 1.165) is 5.56 Å². The maximum Gasteiger partial charge on any atom is 0.410 e. The Bertz CT molecular complexity index is 548. The van der Waals surface area contributed by atoms with Gasteiger partial charge in [0.05, 0.1) is 25.1 Å². The van der Waals surface area contributed by atoms with E-state index in [1.807, 2.05) is 30.3 Å². The average Bonchev–Trinajstić information content (AvgIpc) is 3.11. The number of β-amino-alcohol motifs (C(OH)–C–C–N with tert-alkyl or cyclic N) is 1. The van der Waals surface area contributed by atoms with Gasteiger partial charge in [-0.25, -0.2) is 9.59 Å². The molecule has 2 fully saturated rings. The highest BCUT2D eigenvalue weighted by Gasteiger charge is 2.44. The van der Waals surface area contributed by atoms with Crippen LogP contribution in [0, 0.1) is 0 Å². The molecule has 0 saturated carbocycles. The normalized spacial score (nSPS) is 27.8. The number of carbonyl (C=O) groups is 2. The van der Waals surface area contributed by atoms with Gasteiger partial charge in [-0.3, -0.25) is 9.79 Å². The molecule has 0 aliphatic carbocycles. The van der Waals surface area contributed by atoms with E-state index in [2.05, 4.69) is 4.89 Å². The molecule has 22 heavy (non-hydrogen) atoms. The summed E-state index contributed by atoms with van der Waals surface area (Å²) >= 11 is 0. The van der Waals surface area contributed by atoms with Gasteiger partial charge in [0.1, 0.15) is 12.7 Å². The zero-order valence-electron chi connectivity index (χ0n) is 11.9. The van der Waals surface area contributed by atoms with Crippen LogP contribution in [-0.4, -0.2) is 46.9 Å². The van der Waals surface area contributed by atoms with Crippen LogP contribution in [0.4, 0.5) is 4.79 Å². The van der Waals surface area contributed by atoms with Crippen LogP contribution >= 0.6 is 0 Å². The number of likely N-dealkylation sites (tertiary alicyclic amines) is 1. The van der Waals surface area contributed by atoms with E-state index >= 15 is 0 Å². The van der Waals surface area contributed by atoms with Gasteiger partial charge < -0.3 is 9.84 Å². The van der Waals surface area contributed by atoms with Crippen LogP contribution in [0.25, 0.3) is 0 Å². The summed E-state index contributed by atoms with van der Waals surface area (Å²) in [6.07, 6.45) is -1.35. The fourth-order valence-electron chi connectivity index (χ4n) is 2.76. The van der Waals surface area contributed by atoms with Gasteiger partial charge in [-0.1, -0.05) is 30.3 Å². The standard InChI is InChI=1S/C15H17NO6/c17-11-6-12(13-7-14(18)22-21-13)16(8-11)15(19)20-9-10-4-2-1-3-5-10/h1-5,11-13,17H,6-9H2/t11-,12+,13?/m1/s1. The van der Waals surface area contributed by atoms with Crippen LogP contribution in [0.1, 0.15) is 18.4 Å². The highest BCUT2D eigenvalue weighted by atomic mass is 17.2. The highest BCUT2D eigenvalue weighted by Crippen LogP contribution is 2.28. The number of rotatable bonds is 3. The molecule has 1 aromatic carbocycles. The lowest BCUT2D eigenvalue weighted by Crippen LogP contribution is -2.42. The van der Waals surface area contributed by atoms with E-state index in [4.69, 9.17) is 9.62 Å². The Morgan fingerprint density at radius 1 is 1.36 bits per heavy atom. The molecule has 7 heteroatoms. The van der Waals surface area contributed by atoms with Crippen molar-refractivity contribution in [1.82, 2.24) is 4.90 Å². The van der Waals surface area contributed by atoms with Crippen molar-refractivity contribution < 1.29 is 29.2 Å². The van der Waals surface area contributed by atoms with E-state index < -0.39 is 30.3 Å². The molecule has 2 saturated heterocycles. The van der Waals surface area contributed by atoms with Crippen LogP contribution in [0.3, 0.4) is 0 Å². The van der Waals surface area contributed by atoms with E-state index in [9.17, 15) is 14.7 Å². The van der Waals surface area contributed by atoms with Crippen LogP contribution in [0.2, 0.25) is 0 Å². The van der Waals surface area contributed by atoms with Gasteiger partial charge in [-0.05, 0) is 12.0 Å². The van der Waals surface area contributed by atoms with Gasteiger partial charge in [0, 0.05) is 0 Å². The molecule has 1 aromatic rings. The van der Waals surface area contributed by atoms with Crippen molar-refractivity contribution in [2.45, 2.75) is 37.7 Å². The van der Waals surface area contributed by atoms with Crippen molar-refractivity contribution in [2.24, 2.45) is 0 Å². The lowest BCUT2D eigenvalue weighted by atomic mass is 10.1. The Balaban J connectivity index is 1.61. The third-order valence-corrected chi connectivity index (χ3v) is 3.82. The summed E-state index contributed by atoms with van der Waals surface area (Å²) in [7, 11) is 0. The minimum atomic E-state index is -0.659. The van der Waals surface area contributed by atoms with Gasteiger partial charge in [-0.15, -0.1) is 0 Å². The van der Waals surface area contributed by atoms with Crippen LogP contribution in [0.5, 0.6) is 0 Å². The molecular formula is C15H17NO6. The monoisotopic (exact) mass is 307 g/mol. The molecule has 1 amide bonds. The Labute approximate surface area is 127 Å². The topological polar surface area (TPSA) is 85.3 Å². The summed E-state index contributed by atoms with van der Waals surface area (Å²) in [5.74, 6) is -0.469. The zero-order chi connectivity index (χ0) is 15.5. The summed E-state index contributed by atoms with van der Waals surface area (Å²) in [4.78, 5) is 34.2. The Kier molecular flexibility index (Phi) is 4.26. The molecule has 0 spiro atoms. The van der Waals surface area contributed by atoms with Gasteiger partial charge >= 0.3 is 12.1 Å². The quantitative estimate of drug-likeness (QED) is 0.839. The molecule has 0 bridgehead atoms. The van der Waals surface area contributed by atoms with E-state index in [-0.39, 0.29) is 19.6 Å². The molecule has 3 rings (SSSR count). The number of aliphatic hydroxyl groups excluding tert-OH is 1. The molecule has 3 atom stereocenters. The molecule has 2 aliphatic rings. The first kappa shape index (κ1) is 14.8. The highest BCUT2D eigenvalue weighted by molar-refractivity contribution is 5.72. The summed E-state index contributed by atoms with van der Waals surface area (Å²) < 4.78 is 5.27. The summed E-state index contributed by atoms with van der Waals surface area (Å²) in [5, 5.41) is 9.80. The molecular weight excluding hydrogens is 290 g/mol. The Morgan fingerprint density at radius 2 is 2.14 bits per heavy atom. The number of aliphatic hydroxyl groups is 1. The zero-order valence-corrected chi connectivity index (χ0v) is 11.9. The van der Waals surface area contributed by atoms with Crippen molar-refractivity contribution >= 4 is 12.1 Å². The van der Waals surface area contributed by atoms with Crippen LogP contribution in [-0.2, 0) is 25.9 Å². The fourth-order valence-corrected chi connectivity index (χ4v) is 2.76. The summed E-state index contributed by atoms with van der Waals surface area (Å²) in [6, 6.07) is 8.89. The average molecular weight is 307 g/mol. The van der Waals surface area contributed by atoms with Crippen molar-refractivity contribution in [2.75, 3.05) is 6.54 Å². The second kappa shape index (κ2) is 6.33. The number of benzene rings is 1. The third-order valence-electron chi connectivity index (χ3n) is 3.82. The van der Waals surface area contributed by atoms with Crippen LogP contribution in [0.15, 0.2) is 30.3 Å². The predicted octanol–water partition coefficient (Wildman–Crippen LogP) is 1.01. The maximum absolute atomic E-state index is 12.2. The lowest BCUT2D eigenvalue weighted by Gasteiger charge is -2.25. The second-order valence-electron chi connectivity index (χ2n) is 5.44. The molecule has 1 unspecified atom stereocenters. The molecule has 0 aromatic heterocycles. The van der Waals surface area contributed by atoms with Gasteiger partial charge in [0.25, 0.3) is 0 Å². The van der Waals surface area contributed by atoms with E-state index in [0.29, 0.717) is 6.42 Å². The van der Waals surface area contributed by atoms with Crippen LogP contribution < -0.4 is 0 Å². The molecule has 0 radical (unpaired) electrons. The number of carbonyl (C=O) groups excluding carboxylic acids is 2. The molecule has 1 N–H and O–H groups in total. The number of hydrogen-bond acceptors (Lipinski definition) is 6. The molecule has 2 heterocycles. The first-order chi connectivity index (χ1) is 10.6. The van der Waals surface area contributed by atoms with Gasteiger partial charge in [0.15, 0.2) is 0 Å². The largest absolute Gasteiger partial charge is 0.445 e. The third kappa shape index (κ3) is 3.20. The summed E-state index contributed by atoms with van der Waals surface area (Å²) in [6.45, 7) is 0.312.